The fourth-order valence-corrected chi connectivity index (χ4v) is 1.63. The SMILES string of the molecule is CCOC(=O)CCCCCSC(N)=NN. The molecule has 0 spiro atoms. The van der Waals surface area contributed by atoms with Crippen molar-refractivity contribution in [3.63, 3.8) is 0 Å². The maximum atomic E-state index is 10.9. The van der Waals surface area contributed by atoms with Crippen LogP contribution in [0.3, 0.4) is 0 Å². The average Bonchev–Trinajstić information content (AvgIpc) is 2.23. The summed E-state index contributed by atoms with van der Waals surface area (Å²) in [5.74, 6) is 5.73. The highest BCUT2D eigenvalue weighted by atomic mass is 32.2. The number of hydrogen-bond acceptors (Lipinski definition) is 5. The Morgan fingerprint density at radius 3 is 2.73 bits per heavy atom. The highest BCUT2D eigenvalue weighted by Gasteiger charge is 2.00. The van der Waals surface area contributed by atoms with Gasteiger partial charge < -0.3 is 16.3 Å². The van der Waals surface area contributed by atoms with Crippen LogP contribution < -0.4 is 11.6 Å². The van der Waals surface area contributed by atoms with Crippen molar-refractivity contribution in [1.82, 2.24) is 0 Å². The van der Waals surface area contributed by atoms with Gasteiger partial charge in [-0.25, -0.2) is 0 Å². The largest absolute Gasteiger partial charge is 0.466 e. The summed E-state index contributed by atoms with van der Waals surface area (Å²) in [5, 5.41) is 3.75. The van der Waals surface area contributed by atoms with E-state index < -0.39 is 0 Å². The van der Waals surface area contributed by atoms with Crippen molar-refractivity contribution >= 4 is 22.9 Å². The van der Waals surface area contributed by atoms with Crippen LogP contribution in [-0.4, -0.2) is 23.5 Å². The molecule has 0 aliphatic heterocycles. The predicted molar refractivity (Wildman–Crippen MR) is 63.4 cm³/mol. The Kier molecular flexibility index (Phi) is 9.05. The lowest BCUT2D eigenvalue weighted by Crippen LogP contribution is -2.09. The second-order valence-corrected chi connectivity index (χ2v) is 4.05. The lowest BCUT2D eigenvalue weighted by Gasteiger charge is -2.01. The summed E-state index contributed by atoms with van der Waals surface area (Å²) < 4.78 is 4.80. The zero-order valence-electron chi connectivity index (χ0n) is 9.07. The minimum Gasteiger partial charge on any atom is -0.466 e. The summed E-state index contributed by atoms with van der Waals surface area (Å²) >= 11 is 1.43. The molecule has 0 unspecified atom stereocenters. The van der Waals surface area contributed by atoms with E-state index in [2.05, 4.69) is 5.10 Å². The number of rotatable bonds is 7. The summed E-state index contributed by atoms with van der Waals surface area (Å²) in [7, 11) is 0. The van der Waals surface area contributed by atoms with Crippen molar-refractivity contribution in [3.05, 3.63) is 0 Å². The third-order valence-corrected chi connectivity index (χ3v) is 2.60. The van der Waals surface area contributed by atoms with E-state index in [1.54, 1.807) is 0 Å². The van der Waals surface area contributed by atoms with Gasteiger partial charge in [-0.3, -0.25) is 4.79 Å². The number of thioether (sulfide) groups is 1. The fourth-order valence-electron chi connectivity index (χ4n) is 0.995. The topological polar surface area (TPSA) is 90.7 Å². The van der Waals surface area contributed by atoms with Crippen molar-refractivity contribution in [3.8, 4) is 0 Å². The van der Waals surface area contributed by atoms with E-state index in [0.717, 1.165) is 25.0 Å². The Morgan fingerprint density at radius 1 is 1.40 bits per heavy atom. The van der Waals surface area contributed by atoms with Crippen molar-refractivity contribution in [2.45, 2.75) is 32.6 Å². The molecule has 0 aromatic carbocycles. The minimum absolute atomic E-state index is 0.117. The van der Waals surface area contributed by atoms with Crippen LogP contribution in [0.15, 0.2) is 5.10 Å². The smallest absolute Gasteiger partial charge is 0.305 e. The molecular formula is C9H19N3O2S. The molecule has 0 amide bonds. The molecule has 4 N–H and O–H groups in total. The van der Waals surface area contributed by atoms with Gasteiger partial charge in [0.25, 0.3) is 0 Å². The maximum absolute atomic E-state index is 10.9. The highest BCUT2D eigenvalue weighted by molar-refractivity contribution is 8.13. The first-order valence-corrected chi connectivity index (χ1v) is 6.01. The van der Waals surface area contributed by atoms with Gasteiger partial charge >= 0.3 is 5.97 Å². The summed E-state index contributed by atoms with van der Waals surface area (Å²) in [4.78, 5) is 10.9. The lowest BCUT2D eigenvalue weighted by molar-refractivity contribution is -0.143. The number of carbonyl (C=O) groups excluding carboxylic acids is 1. The van der Waals surface area contributed by atoms with Gasteiger partial charge in [0.2, 0.25) is 0 Å². The lowest BCUT2D eigenvalue weighted by atomic mass is 10.2. The van der Waals surface area contributed by atoms with Gasteiger partial charge in [-0.05, 0) is 19.8 Å². The molecule has 0 aliphatic rings. The zero-order chi connectivity index (χ0) is 11.5. The average molecular weight is 233 g/mol. The van der Waals surface area contributed by atoms with Crippen LogP contribution in [0.25, 0.3) is 0 Å². The molecule has 15 heavy (non-hydrogen) atoms. The van der Waals surface area contributed by atoms with E-state index in [-0.39, 0.29) is 5.97 Å². The molecule has 0 saturated carbocycles. The molecule has 88 valence electrons. The number of ether oxygens (including phenoxy) is 1. The first kappa shape index (κ1) is 14.1. The summed E-state index contributed by atoms with van der Waals surface area (Å²) in [6.07, 6.45) is 3.35. The number of amidine groups is 1. The quantitative estimate of drug-likeness (QED) is 0.171. The zero-order valence-corrected chi connectivity index (χ0v) is 9.89. The second-order valence-electron chi connectivity index (χ2n) is 2.93. The molecule has 6 heteroatoms. The standard InChI is InChI=1S/C9H19N3O2S/c1-2-14-8(13)6-4-3-5-7-15-9(10)12-11/h2-7,11H2,1H3,(H2,10,12). The Labute approximate surface area is 94.6 Å². The molecule has 5 nitrogen and oxygen atoms in total. The van der Waals surface area contributed by atoms with E-state index in [1.165, 1.54) is 11.8 Å². The Hall–Kier alpha value is -0.910. The Bertz CT molecular complexity index is 210. The van der Waals surface area contributed by atoms with E-state index in [4.69, 9.17) is 16.3 Å². The van der Waals surface area contributed by atoms with E-state index in [0.29, 0.717) is 18.2 Å². The number of unbranched alkanes of at least 4 members (excludes halogenated alkanes) is 2. The number of nitrogens with two attached hydrogens (primary N) is 2. The van der Waals surface area contributed by atoms with Gasteiger partial charge in [0.15, 0.2) is 5.17 Å². The molecular weight excluding hydrogens is 214 g/mol. The molecule has 0 aromatic heterocycles. The molecule has 0 heterocycles. The number of carbonyl (C=O) groups is 1. The number of hydrogen-bond donors (Lipinski definition) is 2. The van der Waals surface area contributed by atoms with Gasteiger partial charge in [-0.15, -0.1) is 0 Å². The monoisotopic (exact) mass is 233 g/mol. The fraction of sp³-hybridized carbons (Fsp3) is 0.778. The van der Waals surface area contributed by atoms with Crippen LogP contribution in [0, 0.1) is 0 Å². The van der Waals surface area contributed by atoms with E-state index in [1.807, 2.05) is 6.92 Å². The molecule has 0 aliphatic carbocycles. The molecule has 0 atom stereocenters. The van der Waals surface area contributed by atoms with Crippen LogP contribution in [-0.2, 0) is 9.53 Å². The second kappa shape index (κ2) is 9.64. The molecule has 0 fully saturated rings. The van der Waals surface area contributed by atoms with Crippen molar-refractivity contribution in [2.24, 2.45) is 16.7 Å². The number of esters is 1. The molecule has 0 radical (unpaired) electrons. The van der Waals surface area contributed by atoms with Crippen molar-refractivity contribution < 1.29 is 9.53 Å². The van der Waals surface area contributed by atoms with Gasteiger partial charge in [-0.1, -0.05) is 18.2 Å². The first-order chi connectivity index (χ1) is 7.20. The Balaban J connectivity index is 3.21. The predicted octanol–water partition coefficient (Wildman–Crippen LogP) is 1.03. The summed E-state index contributed by atoms with van der Waals surface area (Å²) in [5.41, 5.74) is 5.39. The minimum atomic E-state index is -0.117. The molecule has 0 rings (SSSR count). The number of nitrogens with zero attached hydrogens (tertiary/aromatic N) is 1. The Morgan fingerprint density at radius 2 is 2.13 bits per heavy atom. The summed E-state index contributed by atoms with van der Waals surface area (Å²) in [6, 6.07) is 0. The van der Waals surface area contributed by atoms with Crippen molar-refractivity contribution in [1.29, 1.82) is 0 Å². The van der Waals surface area contributed by atoms with Crippen LogP contribution in [0.4, 0.5) is 0 Å². The van der Waals surface area contributed by atoms with Crippen molar-refractivity contribution in [2.75, 3.05) is 12.4 Å². The van der Waals surface area contributed by atoms with Gasteiger partial charge in [-0.2, -0.15) is 5.10 Å². The molecule has 0 saturated heterocycles. The van der Waals surface area contributed by atoms with Gasteiger partial charge in [0.1, 0.15) is 0 Å². The van der Waals surface area contributed by atoms with E-state index in [9.17, 15) is 4.79 Å². The normalized spacial score (nSPS) is 11.4. The first-order valence-electron chi connectivity index (χ1n) is 5.02. The van der Waals surface area contributed by atoms with Gasteiger partial charge in [0.05, 0.1) is 6.61 Å². The van der Waals surface area contributed by atoms with Gasteiger partial charge in [0, 0.05) is 12.2 Å². The third-order valence-electron chi connectivity index (χ3n) is 1.71. The van der Waals surface area contributed by atoms with Crippen LogP contribution >= 0.6 is 11.8 Å². The summed E-state index contributed by atoms with van der Waals surface area (Å²) in [6.45, 7) is 2.27. The molecule has 0 bridgehead atoms. The third kappa shape index (κ3) is 9.40. The van der Waals surface area contributed by atoms with E-state index >= 15 is 0 Å². The molecule has 0 aromatic rings. The van der Waals surface area contributed by atoms with Crippen LogP contribution in [0.1, 0.15) is 32.6 Å². The highest BCUT2D eigenvalue weighted by Crippen LogP contribution is 2.07. The van der Waals surface area contributed by atoms with Crippen LogP contribution in [0.5, 0.6) is 0 Å². The maximum Gasteiger partial charge on any atom is 0.305 e. The number of hydrazone groups is 1. The van der Waals surface area contributed by atoms with Crippen LogP contribution in [0.2, 0.25) is 0 Å².